The number of ether oxygens (including phenoxy) is 1. The predicted molar refractivity (Wildman–Crippen MR) is 85.0 cm³/mol. The molecular weight excluding hydrogens is 252 g/mol. The zero-order valence-corrected chi connectivity index (χ0v) is 12.1. The maximum Gasteiger partial charge on any atom is 0.119 e. The molecule has 0 amide bonds. The smallest absolute Gasteiger partial charge is 0.119 e. The van der Waals surface area contributed by atoms with Gasteiger partial charge in [0.25, 0.3) is 0 Å². The Morgan fingerprint density at radius 1 is 0.947 bits per heavy atom. The topological polar surface area (TPSA) is 9.23 Å². The van der Waals surface area contributed by atoms with Gasteiger partial charge in [0.2, 0.25) is 0 Å². The van der Waals surface area contributed by atoms with Crippen molar-refractivity contribution in [1.29, 1.82) is 0 Å². The van der Waals surface area contributed by atoms with E-state index in [-0.39, 0.29) is 0 Å². The first-order valence-corrected chi connectivity index (χ1v) is 7.36. The first-order chi connectivity index (χ1) is 9.33. The van der Waals surface area contributed by atoms with Crippen LogP contribution in [0.25, 0.3) is 11.1 Å². The highest BCUT2D eigenvalue weighted by molar-refractivity contribution is 7.80. The van der Waals surface area contributed by atoms with E-state index in [1.165, 1.54) is 11.1 Å². The van der Waals surface area contributed by atoms with Crippen LogP contribution in [0.15, 0.2) is 54.6 Å². The number of rotatable bonds is 6. The molecule has 0 heterocycles. The van der Waals surface area contributed by atoms with E-state index < -0.39 is 0 Å². The van der Waals surface area contributed by atoms with Crippen LogP contribution in [0.1, 0.15) is 13.3 Å². The molecule has 0 aromatic heterocycles. The van der Waals surface area contributed by atoms with Crippen molar-refractivity contribution in [2.24, 2.45) is 5.92 Å². The van der Waals surface area contributed by atoms with Crippen LogP contribution in [0.2, 0.25) is 0 Å². The monoisotopic (exact) mass is 272 g/mol. The summed E-state index contributed by atoms with van der Waals surface area (Å²) >= 11 is 4.33. The van der Waals surface area contributed by atoms with E-state index in [4.69, 9.17) is 4.74 Å². The molecule has 0 radical (unpaired) electrons. The van der Waals surface area contributed by atoms with Gasteiger partial charge in [0.15, 0.2) is 0 Å². The highest BCUT2D eigenvalue weighted by Crippen LogP contribution is 2.22. The van der Waals surface area contributed by atoms with Gasteiger partial charge in [-0.1, -0.05) is 49.4 Å². The number of benzene rings is 2. The van der Waals surface area contributed by atoms with Gasteiger partial charge in [-0.15, -0.1) is 0 Å². The van der Waals surface area contributed by atoms with Gasteiger partial charge in [-0.2, -0.15) is 12.6 Å². The second-order valence-corrected chi connectivity index (χ2v) is 5.02. The van der Waals surface area contributed by atoms with Crippen molar-refractivity contribution in [2.45, 2.75) is 13.3 Å². The molecule has 2 aromatic carbocycles. The summed E-state index contributed by atoms with van der Waals surface area (Å²) in [4.78, 5) is 0. The Labute approximate surface area is 121 Å². The molecule has 0 spiro atoms. The average Bonchev–Trinajstić information content (AvgIpc) is 2.50. The van der Waals surface area contributed by atoms with Gasteiger partial charge in [-0.25, -0.2) is 0 Å². The first-order valence-electron chi connectivity index (χ1n) is 6.72. The van der Waals surface area contributed by atoms with E-state index in [0.29, 0.717) is 5.92 Å². The summed E-state index contributed by atoms with van der Waals surface area (Å²) in [6.45, 7) is 2.91. The van der Waals surface area contributed by atoms with E-state index in [1.54, 1.807) is 0 Å². The molecule has 0 saturated carbocycles. The molecule has 0 bridgehead atoms. The molecule has 2 aromatic rings. The van der Waals surface area contributed by atoms with Crippen LogP contribution in [0.3, 0.4) is 0 Å². The molecule has 0 N–H and O–H groups in total. The Bertz CT molecular complexity index is 474. The normalized spacial score (nSPS) is 12.1. The Balaban J connectivity index is 1.99. The highest BCUT2D eigenvalue weighted by Gasteiger charge is 2.05. The molecule has 0 fully saturated rings. The van der Waals surface area contributed by atoms with E-state index in [9.17, 15) is 0 Å². The lowest BCUT2D eigenvalue weighted by Crippen LogP contribution is -2.12. The lowest BCUT2D eigenvalue weighted by molar-refractivity contribution is 0.259. The maximum atomic E-state index is 5.79. The van der Waals surface area contributed by atoms with Gasteiger partial charge in [-0.05, 0) is 35.4 Å². The second kappa shape index (κ2) is 7.25. The third-order valence-electron chi connectivity index (χ3n) is 3.28. The van der Waals surface area contributed by atoms with E-state index in [1.807, 2.05) is 18.2 Å². The van der Waals surface area contributed by atoms with Crippen molar-refractivity contribution in [3.63, 3.8) is 0 Å². The summed E-state index contributed by atoms with van der Waals surface area (Å²) in [7, 11) is 0. The van der Waals surface area contributed by atoms with Crippen molar-refractivity contribution in [1.82, 2.24) is 0 Å². The summed E-state index contributed by atoms with van der Waals surface area (Å²) in [5, 5.41) is 0. The minimum atomic E-state index is 0.525. The summed E-state index contributed by atoms with van der Waals surface area (Å²) < 4.78 is 5.79. The van der Waals surface area contributed by atoms with Crippen molar-refractivity contribution in [2.75, 3.05) is 12.4 Å². The quantitative estimate of drug-likeness (QED) is 0.751. The second-order valence-electron chi connectivity index (χ2n) is 4.66. The van der Waals surface area contributed by atoms with E-state index in [2.05, 4.69) is 56.0 Å². The van der Waals surface area contributed by atoms with Crippen molar-refractivity contribution in [3.05, 3.63) is 54.6 Å². The minimum Gasteiger partial charge on any atom is -0.493 e. The van der Waals surface area contributed by atoms with Crippen LogP contribution >= 0.6 is 12.6 Å². The fraction of sp³-hybridized carbons (Fsp3) is 0.294. The molecule has 0 aliphatic carbocycles. The van der Waals surface area contributed by atoms with E-state index >= 15 is 0 Å². The van der Waals surface area contributed by atoms with Crippen LogP contribution < -0.4 is 4.74 Å². The zero-order chi connectivity index (χ0) is 13.5. The van der Waals surface area contributed by atoms with Gasteiger partial charge in [0.1, 0.15) is 5.75 Å². The third kappa shape index (κ3) is 4.03. The fourth-order valence-electron chi connectivity index (χ4n) is 1.89. The highest BCUT2D eigenvalue weighted by atomic mass is 32.1. The summed E-state index contributed by atoms with van der Waals surface area (Å²) in [5.41, 5.74) is 2.45. The molecule has 0 aliphatic rings. The molecule has 1 atom stereocenters. The average molecular weight is 272 g/mol. The molecule has 0 aliphatic heterocycles. The summed E-state index contributed by atoms with van der Waals surface area (Å²) in [6.07, 6.45) is 1.10. The van der Waals surface area contributed by atoms with Gasteiger partial charge in [-0.3, -0.25) is 0 Å². The van der Waals surface area contributed by atoms with Crippen LogP contribution in [0.5, 0.6) is 5.75 Å². The van der Waals surface area contributed by atoms with Gasteiger partial charge >= 0.3 is 0 Å². The van der Waals surface area contributed by atoms with E-state index in [0.717, 1.165) is 24.5 Å². The van der Waals surface area contributed by atoms with Crippen LogP contribution in [-0.2, 0) is 0 Å². The molecule has 1 nitrogen and oxygen atoms in total. The largest absolute Gasteiger partial charge is 0.493 e. The molecule has 1 unspecified atom stereocenters. The van der Waals surface area contributed by atoms with Crippen molar-refractivity contribution < 1.29 is 4.74 Å². The van der Waals surface area contributed by atoms with Crippen molar-refractivity contribution in [3.8, 4) is 16.9 Å². The Kier molecular flexibility index (Phi) is 5.34. The maximum absolute atomic E-state index is 5.79. The number of thiol groups is 1. The Hall–Kier alpha value is -1.41. The molecule has 19 heavy (non-hydrogen) atoms. The number of hydrogen-bond donors (Lipinski definition) is 1. The standard InChI is InChI=1S/C17H20OS/c1-2-14(13-19)12-18-17-10-8-16(9-11-17)15-6-4-3-5-7-15/h3-11,14,19H,2,12-13H2,1H3. The van der Waals surface area contributed by atoms with Crippen LogP contribution in [0, 0.1) is 5.92 Å². The van der Waals surface area contributed by atoms with Crippen LogP contribution in [-0.4, -0.2) is 12.4 Å². The van der Waals surface area contributed by atoms with Crippen molar-refractivity contribution >= 4 is 12.6 Å². The van der Waals surface area contributed by atoms with Crippen LogP contribution in [0.4, 0.5) is 0 Å². The minimum absolute atomic E-state index is 0.525. The fourth-order valence-corrected chi connectivity index (χ4v) is 2.25. The Morgan fingerprint density at radius 2 is 1.58 bits per heavy atom. The molecule has 2 rings (SSSR count). The lowest BCUT2D eigenvalue weighted by atomic mass is 10.1. The van der Waals surface area contributed by atoms with Gasteiger partial charge in [0, 0.05) is 5.92 Å². The Morgan fingerprint density at radius 3 is 2.16 bits per heavy atom. The summed E-state index contributed by atoms with van der Waals surface area (Å²) in [6, 6.07) is 18.6. The number of hydrogen-bond acceptors (Lipinski definition) is 2. The SMILES string of the molecule is CCC(CS)COc1ccc(-c2ccccc2)cc1. The molecule has 100 valence electrons. The zero-order valence-electron chi connectivity index (χ0n) is 11.3. The predicted octanol–water partition coefficient (Wildman–Crippen LogP) is 4.69. The van der Waals surface area contributed by atoms with Gasteiger partial charge in [0.05, 0.1) is 6.61 Å². The molecule has 2 heteroatoms. The molecular formula is C17H20OS. The lowest BCUT2D eigenvalue weighted by Gasteiger charge is -2.13. The van der Waals surface area contributed by atoms with Gasteiger partial charge < -0.3 is 4.74 Å². The molecule has 0 saturated heterocycles. The third-order valence-corrected chi connectivity index (χ3v) is 3.80. The summed E-state index contributed by atoms with van der Waals surface area (Å²) in [5.74, 6) is 2.33. The first kappa shape index (κ1) is 14.0.